The number of benzene rings is 2. The second-order valence-corrected chi connectivity index (χ2v) is 9.70. The molecule has 0 bridgehead atoms. The smallest absolute Gasteiger partial charge is 0.338 e. The first-order chi connectivity index (χ1) is 18.0. The van der Waals surface area contributed by atoms with Crippen molar-refractivity contribution in [1.29, 1.82) is 0 Å². The number of carbonyl (C=O) groups is 1. The van der Waals surface area contributed by atoms with Gasteiger partial charge in [-0.05, 0) is 57.5 Å². The standard InChI is InChI=1S/C29H29N3O4S/c1-5-31-17-20(22-10-8-9-11-23(22)31)16-24-27(33)32-26(19-12-14-21(15-13-19)35-6-2)25(28(34)36-7-3)18(4)30-29(32)37-24/h8-17,26H,5-7H2,1-4H3/b24-16-/t26-/m1/s1. The number of allylic oxidation sites excluding steroid dienone is 1. The number of carbonyl (C=O) groups excluding carboxylic acids is 1. The average molecular weight is 516 g/mol. The number of hydrogen-bond acceptors (Lipinski definition) is 6. The summed E-state index contributed by atoms with van der Waals surface area (Å²) in [6.45, 7) is 9.19. The number of aromatic nitrogens is 2. The third kappa shape index (κ3) is 4.42. The largest absolute Gasteiger partial charge is 0.494 e. The number of thiazole rings is 1. The van der Waals surface area contributed by atoms with E-state index in [4.69, 9.17) is 9.47 Å². The van der Waals surface area contributed by atoms with Gasteiger partial charge in [0.25, 0.3) is 5.56 Å². The van der Waals surface area contributed by atoms with Gasteiger partial charge in [-0.2, -0.15) is 0 Å². The van der Waals surface area contributed by atoms with E-state index in [-0.39, 0.29) is 12.2 Å². The van der Waals surface area contributed by atoms with Crippen LogP contribution in [0.5, 0.6) is 5.75 Å². The van der Waals surface area contributed by atoms with Crippen LogP contribution in [0, 0.1) is 0 Å². The summed E-state index contributed by atoms with van der Waals surface area (Å²) in [5.41, 5.74) is 3.61. The van der Waals surface area contributed by atoms with Crippen molar-refractivity contribution in [3.05, 3.63) is 96.8 Å². The molecular formula is C29H29N3O4S. The van der Waals surface area contributed by atoms with Crippen LogP contribution in [-0.2, 0) is 16.1 Å². The number of hydrogen-bond donors (Lipinski definition) is 0. The second-order valence-electron chi connectivity index (χ2n) is 8.69. The van der Waals surface area contributed by atoms with E-state index in [9.17, 15) is 9.59 Å². The molecule has 0 saturated heterocycles. The first-order valence-electron chi connectivity index (χ1n) is 12.5. The first kappa shape index (κ1) is 24.8. The molecule has 0 N–H and O–H groups in total. The topological polar surface area (TPSA) is 74.8 Å². The number of para-hydroxylation sites is 1. The number of esters is 1. The summed E-state index contributed by atoms with van der Waals surface area (Å²) in [7, 11) is 0. The van der Waals surface area contributed by atoms with Crippen LogP contribution in [-0.4, -0.2) is 28.3 Å². The Hall–Kier alpha value is -3.91. The molecule has 8 heteroatoms. The lowest BCUT2D eigenvalue weighted by atomic mass is 9.96. The first-order valence-corrected chi connectivity index (χ1v) is 13.3. The van der Waals surface area contributed by atoms with Crippen molar-refractivity contribution >= 4 is 34.3 Å². The van der Waals surface area contributed by atoms with E-state index in [0.717, 1.165) is 34.3 Å². The number of ether oxygens (including phenoxy) is 2. The van der Waals surface area contributed by atoms with Crippen LogP contribution in [0.3, 0.4) is 0 Å². The van der Waals surface area contributed by atoms with Crippen molar-refractivity contribution < 1.29 is 14.3 Å². The van der Waals surface area contributed by atoms with Crippen LogP contribution in [0.2, 0.25) is 0 Å². The molecule has 0 unspecified atom stereocenters. The Kier molecular flexibility index (Phi) is 6.84. The van der Waals surface area contributed by atoms with Crippen molar-refractivity contribution in [3.8, 4) is 5.75 Å². The van der Waals surface area contributed by atoms with Crippen molar-refractivity contribution in [3.63, 3.8) is 0 Å². The molecule has 1 aliphatic rings. The molecule has 4 aromatic rings. The maximum atomic E-state index is 13.9. The quantitative estimate of drug-likeness (QED) is 0.346. The molecule has 0 amide bonds. The Balaban J connectivity index is 1.71. The predicted octanol–water partition coefficient (Wildman–Crippen LogP) is 4.17. The van der Waals surface area contributed by atoms with Gasteiger partial charge in [0.2, 0.25) is 0 Å². The summed E-state index contributed by atoms with van der Waals surface area (Å²) in [4.78, 5) is 32.2. The number of nitrogens with zero attached hydrogens (tertiary/aromatic N) is 3. The lowest BCUT2D eigenvalue weighted by molar-refractivity contribution is -0.139. The van der Waals surface area contributed by atoms with Crippen LogP contribution in [0.1, 0.15) is 44.9 Å². The summed E-state index contributed by atoms with van der Waals surface area (Å²) >= 11 is 1.33. The molecule has 7 nitrogen and oxygen atoms in total. The molecule has 190 valence electrons. The lowest BCUT2D eigenvalue weighted by Crippen LogP contribution is -2.39. The van der Waals surface area contributed by atoms with Crippen molar-refractivity contribution in [1.82, 2.24) is 9.13 Å². The minimum absolute atomic E-state index is 0.190. The minimum Gasteiger partial charge on any atom is -0.494 e. The summed E-state index contributed by atoms with van der Waals surface area (Å²) in [6.07, 6.45) is 4.00. The maximum absolute atomic E-state index is 13.9. The van der Waals surface area contributed by atoms with Gasteiger partial charge in [0, 0.05) is 29.2 Å². The van der Waals surface area contributed by atoms with Gasteiger partial charge < -0.3 is 14.0 Å². The molecule has 0 fully saturated rings. The fourth-order valence-electron chi connectivity index (χ4n) is 4.81. The number of fused-ring (bicyclic) bond motifs is 2. The molecule has 3 heterocycles. The summed E-state index contributed by atoms with van der Waals surface area (Å²) in [5.74, 6) is 0.257. The lowest BCUT2D eigenvalue weighted by Gasteiger charge is -2.24. The Morgan fingerprint density at radius 3 is 2.54 bits per heavy atom. The second kappa shape index (κ2) is 10.2. The van der Waals surface area contributed by atoms with Gasteiger partial charge >= 0.3 is 5.97 Å². The molecular weight excluding hydrogens is 486 g/mol. The van der Waals surface area contributed by atoms with E-state index >= 15 is 0 Å². The van der Waals surface area contributed by atoms with Gasteiger partial charge in [0.15, 0.2) is 4.80 Å². The summed E-state index contributed by atoms with van der Waals surface area (Å²) in [5, 5.41) is 1.08. The normalized spacial score (nSPS) is 15.6. The summed E-state index contributed by atoms with van der Waals surface area (Å²) in [6, 6.07) is 15.0. The van der Waals surface area contributed by atoms with E-state index in [1.807, 2.05) is 49.4 Å². The van der Waals surface area contributed by atoms with Crippen molar-refractivity contribution in [2.24, 2.45) is 4.99 Å². The maximum Gasteiger partial charge on any atom is 0.338 e. The molecule has 37 heavy (non-hydrogen) atoms. The van der Waals surface area contributed by atoms with Crippen molar-refractivity contribution in [2.75, 3.05) is 13.2 Å². The minimum atomic E-state index is -0.648. The molecule has 5 rings (SSSR count). The van der Waals surface area contributed by atoms with Gasteiger partial charge in [-0.15, -0.1) is 0 Å². The fraction of sp³-hybridized carbons (Fsp3) is 0.276. The van der Waals surface area contributed by atoms with Crippen LogP contribution in [0.4, 0.5) is 0 Å². The van der Waals surface area contributed by atoms with Crippen LogP contribution >= 0.6 is 11.3 Å². The Bertz CT molecular complexity index is 1690. The van der Waals surface area contributed by atoms with Gasteiger partial charge in [-0.3, -0.25) is 9.36 Å². The Morgan fingerprint density at radius 1 is 1.08 bits per heavy atom. The van der Waals surface area contributed by atoms with E-state index in [1.54, 1.807) is 18.4 Å². The zero-order chi connectivity index (χ0) is 26.1. The predicted molar refractivity (Wildman–Crippen MR) is 146 cm³/mol. The zero-order valence-corrected chi connectivity index (χ0v) is 22.2. The van der Waals surface area contributed by atoms with Crippen molar-refractivity contribution in [2.45, 2.75) is 40.3 Å². The third-order valence-electron chi connectivity index (χ3n) is 6.47. The molecule has 0 spiro atoms. The fourth-order valence-corrected chi connectivity index (χ4v) is 5.85. The van der Waals surface area contributed by atoms with Gasteiger partial charge in [0.05, 0.1) is 35.1 Å². The third-order valence-corrected chi connectivity index (χ3v) is 7.45. The number of rotatable bonds is 7. The molecule has 0 radical (unpaired) electrons. The molecule has 0 saturated carbocycles. The molecule has 0 aliphatic carbocycles. The van der Waals surface area contributed by atoms with Gasteiger partial charge in [0.1, 0.15) is 5.75 Å². The van der Waals surface area contributed by atoms with E-state index < -0.39 is 12.0 Å². The Morgan fingerprint density at radius 2 is 1.84 bits per heavy atom. The van der Waals surface area contributed by atoms with E-state index in [0.29, 0.717) is 27.2 Å². The highest BCUT2D eigenvalue weighted by Gasteiger charge is 2.33. The molecule has 1 atom stereocenters. The SMILES string of the molecule is CCOC(=O)C1=C(C)N=c2s/c(=C\c3cn(CC)c4ccccc34)c(=O)n2[C@@H]1c1ccc(OCC)cc1. The highest BCUT2D eigenvalue weighted by Crippen LogP contribution is 2.31. The highest BCUT2D eigenvalue weighted by atomic mass is 32.1. The average Bonchev–Trinajstić information content (AvgIpc) is 3.41. The van der Waals surface area contributed by atoms with Crippen LogP contribution in [0.25, 0.3) is 17.0 Å². The van der Waals surface area contributed by atoms with E-state index in [1.165, 1.54) is 11.3 Å². The van der Waals surface area contributed by atoms with E-state index in [2.05, 4.69) is 34.8 Å². The van der Waals surface area contributed by atoms with Gasteiger partial charge in [-0.25, -0.2) is 9.79 Å². The molecule has 2 aromatic carbocycles. The summed E-state index contributed by atoms with van der Waals surface area (Å²) < 4.78 is 15.3. The van der Waals surface area contributed by atoms with Gasteiger partial charge in [-0.1, -0.05) is 41.7 Å². The molecule has 1 aliphatic heterocycles. The number of aryl methyl sites for hydroxylation is 1. The monoisotopic (exact) mass is 515 g/mol. The highest BCUT2D eigenvalue weighted by molar-refractivity contribution is 7.07. The Labute approximate surface area is 218 Å². The molecule has 2 aromatic heterocycles. The van der Waals surface area contributed by atoms with Crippen LogP contribution < -0.4 is 19.6 Å². The van der Waals surface area contributed by atoms with Crippen LogP contribution in [0.15, 0.2) is 75.8 Å². The zero-order valence-electron chi connectivity index (χ0n) is 21.4.